The fourth-order valence-electron chi connectivity index (χ4n) is 1.58. The topological polar surface area (TPSA) is 20.3 Å². The Morgan fingerprint density at radius 2 is 1.60 bits per heavy atom. The van der Waals surface area contributed by atoms with Crippen molar-refractivity contribution in [3.63, 3.8) is 0 Å². The molecule has 0 rings (SSSR count). The number of hydrogen-bond donors (Lipinski definition) is 0. The minimum Gasteiger partial charge on any atom is -0.339 e. The van der Waals surface area contributed by atoms with Crippen LogP contribution in [0.2, 0.25) is 0 Å². The molecule has 0 spiro atoms. The van der Waals surface area contributed by atoms with Gasteiger partial charge in [0.25, 0.3) is 0 Å². The molecule has 88 valence electrons. The quantitative estimate of drug-likeness (QED) is 0.564. The number of nitrogens with zero attached hydrogens (tertiary/aromatic N) is 1. The van der Waals surface area contributed by atoms with Crippen LogP contribution in [0.1, 0.15) is 52.9 Å². The number of rotatable bonds is 8. The zero-order valence-electron chi connectivity index (χ0n) is 10.5. The smallest absolute Gasteiger partial charge is 0.249 e. The van der Waals surface area contributed by atoms with Crippen molar-refractivity contribution in [2.45, 2.75) is 52.9 Å². The highest BCUT2D eigenvalue weighted by molar-refractivity contribution is 5.92. The third-order valence-corrected chi connectivity index (χ3v) is 2.41. The average Bonchev–Trinajstić information content (AvgIpc) is 2.24. The van der Waals surface area contributed by atoms with E-state index in [2.05, 4.69) is 27.4 Å². The van der Waals surface area contributed by atoms with Gasteiger partial charge >= 0.3 is 0 Å². The summed E-state index contributed by atoms with van der Waals surface area (Å²) in [6.45, 7) is 11.9. The zero-order chi connectivity index (χ0) is 11.7. The molecule has 0 fully saturated rings. The van der Waals surface area contributed by atoms with Gasteiger partial charge in [0.1, 0.15) is 0 Å². The zero-order valence-corrected chi connectivity index (χ0v) is 10.5. The summed E-state index contributed by atoms with van der Waals surface area (Å²) in [6.07, 6.45) is 5.07. The number of unbranched alkanes of at least 4 members (excludes halogenated alkanes) is 1. The first-order valence-corrected chi connectivity index (χ1v) is 6.14. The first kappa shape index (κ1) is 14.2. The van der Waals surface area contributed by atoms with Gasteiger partial charge in [-0.15, -0.1) is 0 Å². The van der Waals surface area contributed by atoms with Gasteiger partial charge < -0.3 is 4.90 Å². The second-order valence-corrected chi connectivity index (χ2v) is 4.00. The number of amides is 1. The Kier molecular flexibility index (Phi) is 8.06. The summed E-state index contributed by atoms with van der Waals surface area (Å²) in [5, 5.41) is 0. The molecule has 1 amide bonds. The molecule has 0 atom stereocenters. The lowest BCUT2D eigenvalue weighted by molar-refractivity contribution is -0.127. The van der Waals surface area contributed by atoms with Crippen molar-refractivity contribution in [2.24, 2.45) is 0 Å². The first-order chi connectivity index (χ1) is 7.17. The summed E-state index contributed by atoms with van der Waals surface area (Å²) in [5.41, 5.74) is 0.777. The summed E-state index contributed by atoms with van der Waals surface area (Å²) in [6, 6.07) is 0. The lowest BCUT2D eigenvalue weighted by atomic mass is 10.1. The van der Waals surface area contributed by atoms with Crippen molar-refractivity contribution >= 4 is 5.91 Å². The molecule has 0 aliphatic rings. The van der Waals surface area contributed by atoms with Gasteiger partial charge in [0.2, 0.25) is 5.91 Å². The molecule has 0 saturated carbocycles. The largest absolute Gasteiger partial charge is 0.339 e. The minimum atomic E-state index is 0.159. The SMILES string of the molecule is C=C(CCCC)C(=O)N(CCC)CCC. The van der Waals surface area contributed by atoms with Crippen LogP contribution >= 0.6 is 0 Å². The molecule has 0 aliphatic carbocycles. The van der Waals surface area contributed by atoms with Crippen LogP contribution in [0.5, 0.6) is 0 Å². The maximum atomic E-state index is 12.0. The van der Waals surface area contributed by atoms with Gasteiger partial charge in [-0.1, -0.05) is 33.8 Å². The maximum Gasteiger partial charge on any atom is 0.249 e. The molecule has 0 bridgehead atoms. The van der Waals surface area contributed by atoms with Crippen molar-refractivity contribution in [3.8, 4) is 0 Å². The number of hydrogen-bond acceptors (Lipinski definition) is 1. The highest BCUT2D eigenvalue weighted by Crippen LogP contribution is 2.09. The van der Waals surface area contributed by atoms with Crippen molar-refractivity contribution in [2.75, 3.05) is 13.1 Å². The highest BCUT2D eigenvalue weighted by Gasteiger charge is 2.14. The van der Waals surface area contributed by atoms with Crippen molar-refractivity contribution < 1.29 is 4.79 Å². The number of carbonyl (C=O) groups is 1. The van der Waals surface area contributed by atoms with Crippen molar-refractivity contribution in [1.29, 1.82) is 0 Å². The van der Waals surface area contributed by atoms with E-state index in [1.807, 2.05) is 4.90 Å². The summed E-state index contributed by atoms with van der Waals surface area (Å²) in [7, 11) is 0. The fourth-order valence-corrected chi connectivity index (χ4v) is 1.58. The molecule has 2 nitrogen and oxygen atoms in total. The van der Waals surface area contributed by atoms with E-state index in [4.69, 9.17) is 0 Å². The Labute approximate surface area is 94.4 Å². The normalized spacial score (nSPS) is 10.1. The molecule has 0 aromatic rings. The minimum absolute atomic E-state index is 0.159. The van der Waals surface area contributed by atoms with E-state index in [1.54, 1.807) is 0 Å². The van der Waals surface area contributed by atoms with E-state index in [0.717, 1.165) is 50.8 Å². The van der Waals surface area contributed by atoms with Crippen LogP contribution in [-0.4, -0.2) is 23.9 Å². The lowest BCUT2D eigenvalue weighted by Crippen LogP contribution is -2.33. The Morgan fingerprint density at radius 1 is 1.07 bits per heavy atom. The van der Waals surface area contributed by atoms with Crippen LogP contribution in [0.4, 0.5) is 0 Å². The molecule has 0 aliphatic heterocycles. The van der Waals surface area contributed by atoms with E-state index in [9.17, 15) is 4.79 Å². The Morgan fingerprint density at radius 3 is 2.00 bits per heavy atom. The van der Waals surface area contributed by atoms with E-state index >= 15 is 0 Å². The standard InChI is InChI=1S/C13H25NO/c1-5-8-9-12(4)13(15)14(10-6-2)11-7-3/h4-11H2,1-3H3. The summed E-state index contributed by atoms with van der Waals surface area (Å²) >= 11 is 0. The summed E-state index contributed by atoms with van der Waals surface area (Å²) in [5.74, 6) is 0.159. The van der Waals surface area contributed by atoms with Gasteiger partial charge in [-0.3, -0.25) is 4.79 Å². The maximum absolute atomic E-state index is 12.0. The van der Waals surface area contributed by atoms with Crippen LogP contribution in [0.25, 0.3) is 0 Å². The first-order valence-electron chi connectivity index (χ1n) is 6.14. The van der Waals surface area contributed by atoms with Gasteiger partial charge in [-0.25, -0.2) is 0 Å². The molecule has 0 N–H and O–H groups in total. The molecular weight excluding hydrogens is 186 g/mol. The molecule has 0 saturated heterocycles. The second kappa shape index (κ2) is 8.51. The van der Waals surface area contributed by atoms with Crippen LogP contribution in [-0.2, 0) is 4.79 Å². The monoisotopic (exact) mass is 211 g/mol. The molecule has 0 aromatic heterocycles. The highest BCUT2D eigenvalue weighted by atomic mass is 16.2. The molecule has 0 radical (unpaired) electrons. The van der Waals surface area contributed by atoms with Crippen molar-refractivity contribution in [3.05, 3.63) is 12.2 Å². The van der Waals surface area contributed by atoms with Crippen LogP contribution in [0.3, 0.4) is 0 Å². The molecule has 0 aromatic carbocycles. The van der Waals surface area contributed by atoms with Crippen LogP contribution in [0.15, 0.2) is 12.2 Å². The van der Waals surface area contributed by atoms with Crippen LogP contribution in [0, 0.1) is 0 Å². The third kappa shape index (κ3) is 5.60. The Balaban J connectivity index is 4.15. The molecule has 0 heterocycles. The van der Waals surface area contributed by atoms with E-state index < -0.39 is 0 Å². The molecular formula is C13H25NO. The Bertz CT molecular complexity index is 193. The van der Waals surface area contributed by atoms with E-state index in [0.29, 0.717) is 0 Å². The molecule has 15 heavy (non-hydrogen) atoms. The summed E-state index contributed by atoms with van der Waals surface area (Å²) in [4.78, 5) is 13.9. The average molecular weight is 211 g/mol. The Hall–Kier alpha value is -0.790. The van der Waals surface area contributed by atoms with Gasteiger partial charge in [-0.2, -0.15) is 0 Å². The predicted molar refractivity (Wildman–Crippen MR) is 65.8 cm³/mol. The third-order valence-electron chi connectivity index (χ3n) is 2.41. The molecule has 2 heteroatoms. The molecule has 0 unspecified atom stereocenters. The van der Waals surface area contributed by atoms with Gasteiger partial charge in [0.15, 0.2) is 0 Å². The van der Waals surface area contributed by atoms with Gasteiger partial charge in [0.05, 0.1) is 0 Å². The second-order valence-electron chi connectivity index (χ2n) is 4.00. The fraction of sp³-hybridized carbons (Fsp3) is 0.769. The van der Waals surface area contributed by atoms with Gasteiger partial charge in [0, 0.05) is 18.7 Å². The summed E-state index contributed by atoms with van der Waals surface area (Å²) < 4.78 is 0. The number of carbonyl (C=O) groups excluding carboxylic acids is 1. The van der Waals surface area contributed by atoms with Crippen molar-refractivity contribution in [1.82, 2.24) is 4.90 Å². The van der Waals surface area contributed by atoms with E-state index in [-0.39, 0.29) is 5.91 Å². The predicted octanol–water partition coefficient (Wildman–Crippen LogP) is 3.38. The lowest BCUT2D eigenvalue weighted by Gasteiger charge is -2.22. The van der Waals surface area contributed by atoms with Crippen LogP contribution < -0.4 is 0 Å². The van der Waals surface area contributed by atoms with E-state index in [1.165, 1.54) is 0 Å². The van der Waals surface area contributed by atoms with Gasteiger partial charge in [-0.05, 0) is 25.7 Å².